The minimum Gasteiger partial charge on any atom is -0.488 e. The van der Waals surface area contributed by atoms with Crippen LogP contribution in [-0.4, -0.2) is 54.7 Å². The number of piperazine rings is 1. The van der Waals surface area contributed by atoms with Gasteiger partial charge in [0.15, 0.2) is 0 Å². The second-order valence-electron chi connectivity index (χ2n) is 6.95. The number of likely N-dealkylation sites (N-methyl/N-ethyl adjacent to an activating group) is 1. The molecule has 1 fully saturated rings. The number of para-hydroxylation sites is 1. The molecule has 5 heteroatoms. The monoisotopic (exact) mass is 343 g/mol. The molecule has 0 aliphatic carbocycles. The van der Waals surface area contributed by atoms with E-state index in [0.29, 0.717) is 6.61 Å². The van der Waals surface area contributed by atoms with Gasteiger partial charge < -0.3 is 19.1 Å². The predicted octanol–water partition coefficient (Wildman–Crippen LogP) is 3.05. The van der Waals surface area contributed by atoms with Gasteiger partial charge in [0, 0.05) is 26.2 Å². The van der Waals surface area contributed by atoms with Crippen molar-refractivity contribution in [3.63, 3.8) is 0 Å². The van der Waals surface area contributed by atoms with Crippen molar-refractivity contribution < 1.29 is 9.26 Å². The van der Waals surface area contributed by atoms with Crippen LogP contribution in [0, 0.1) is 13.8 Å². The number of benzene rings is 1. The molecule has 0 unspecified atom stereocenters. The Kier molecular flexibility index (Phi) is 6.10. The quantitative estimate of drug-likeness (QED) is 0.773. The van der Waals surface area contributed by atoms with E-state index in [1.165, 1.54) is 31.7 Å². The van der Waals surface area contributed by atoms with Crippen LogP contribution >= 0.6 is 0 Å². The molecule has 0 spiro atoms. The average molecular weight is 343 g/mol. The highest BCUT2D eigenvalue weighted by atomic mass is 16.5. The molecule has 2 aromatic rings. The Balaban J connectivity index is 1.52. The number of ether oxygens (including phenoxy) is 1. The summed E-state index contributed by atoms with van der Waals surface area (Å²) in [6, 6.07) is 8.36. The molecule has 1 aliphatic heterocycles. The lowest BCUT2D eigenvalue weighted by Gasteiger charge is -2.32. The van der Waals surface area contributed by atoms with E-state index in [9.17, 15) is 0 Å². The van der Waals surface area contributed by atoms with Crippen LogP contribution in [0.4, 0.5) is 0 Å². The van der Waals surface area contributed by atoms with Crippen molar-refractivity contribution in [2.45, 2.75) is 33.3 Å². The van der Waals surface area contributed by atoms with Crippen LogP contribution in [0.3, 0.4) is 0 Å². The fourth-order valence-electron chi connectivity index (χ4n) is 3.27. The Labute approximate surface area is 150 Å². The van der Waals surface area contributed by atoms with Gasteiger partial charge in [0.2, 0.25) is 0 Å². The standard InChI is InChI=1S/C20H29N3O2/c1-16-19(17(2)25-21-16)15-24-20-9-5-4-7-18(20)8-6-10-23-13-11-22(3)12-14-23/h4-5,7,9H,6,8,10-15H2,1-3H3. The van der Waals surface area contributed by atoms with E-state index in [2.05, 4.69) is 40.2 Å². The summed E-state index contributed by atoms with van der Waals surface area (Å²) < 4.78 is 11.3. The molecule has 0 amide bonds. The fraction of sp³-hybridized carbons (Fsp3) is 0.550. The second kappa shape index (κ2) is 8.50. The second-order valence-corrected chi connectivity index (χ2v) is 6.95. The summed E-state index contributed by atoms with van der Waals surface area (Å²) in [4.78, 5) is 4.96. The normalized spacial score (nSPS) is 16.3. The molecule has 0 atom stereocenters. The van der Waals surface area contributed by atoms with Crippen LogP contribution < -0.4 is 4.74 Å². The summed E-state index contributed by atoms with van der Waals surface area (Å²) in [6.07, 6.45) is 2.21. The van der Waals surface area contributed by atoms with Gasteiger partial charge in [-0.2, -0.15) is 0 Å². The molecule has 3 rings (SSSR count). The van der Waals surface area contributed by atoms with Gasteiger partial charge in [-0.05, 0) is 51.9 Å². The summed E-state index contributed by atoms with van der Waals surface area (Å²) in [5, 5.41) is 3.99. The molecule has 1 aliphatic rings. The smallest absolute Gasteiger partial charge is 0.140 e. The predicted molar refractivity (Wildman–Crippen MR) is 99.0 cm³/mol. The minimum atomic E-state index is 0.511. The van der Waals surface area contributed by atoms with Crippen molar-refractivity contribution >= 4 is 0 Å². The van der Waals surface area contributed by atoms with Crippen molar-refractivity contribution in [2.75, 3.05) is 39.8 Å². The Bertz CT molecular complexity index is 656. The third-order valence-electron chi connectivity index (χ3n) is 5.04. The Morgan fingerprint density at radius 1 is 1.12 bits per heavy atom. The van der Waals surface area contributed by atoms with Crippen LogP contribution in [0.5, 0.6) is 5.75 Å². The SMILES string of the molecule is Cc1noc(C)c1COc1ccccc1CCCN1CCN(C)CC1. The summed E-state index contributed by atoms with van der Waals surface area (Å²) >= 11 is 0. The largest absolute Gasteiger partial charge is 0.488 e. The van der Waals surface area contributed by atoms with E-state index in [4.69, 9.17) is 9.26 Å². The van der Waals surface area contributed by atoms with Gasteiger partial charge in [0.05, 0.1) is 11.3 Å². The third kappa shape index (κ3) is 4.83. The zero-order chi connectivity index (χ0) is 17.6. The number of hydrogen-bond acceptors (Lipinski definition) is 5. The molecule has 1 saturated heterocycles. The van der Waals surface area contributed by atoms with Crippen molar-refractivity contribution in [3.05, 3.63) is 46.8 Å². The molecule has 136 valence electrons. The highest BCUT2D eigenvalue weighted by Crippen LogP contribution is 2.22. The highest BCUT2D eigenvalue weighted by molar-refractivity contribution is 5.34. The molecule has 1 aromatic heterocycles. The van der Waals surface area contributed by atoms with Gasteiger partial charge in [0.25, 0.3) is 0 Å². The van der Waals surface area contributed by atoms with E-state index in [1.807, 2.05) is 19.9 Å². The Morgan fingerprint density at radius 2 is 1.88 bits per heavy atom. The molecule has 2 heterocycles. The van der Waals surface area contributed by atoms with Crippen LogP contribution in [0.15, 0.2) is 28.8 Å². The number of nitrogens with zero attached hydrogens (tertiary/aromatic N) is 3. The van der Waals surface area contributed by atoms with Crippen molar-refractivity contribution in [1.29, 1.82) is 0 Å². The molecule has 0 saturated carbocycles. The minimum absolute atomic E-state index is 0.511. The number of hydrogen-bond donors (Lipinski definition) is 0. The number of rotatable bonds is 7. The first-order valence-electron chi connectivity index (χ1n) is 9.17. The van der Waals surface area contributed by atoms with E-state index >= 15 is 0 Å². The fourth-order valence-corrected chi connectivity index (χ4v) is 3.27. The maximum atomic E-state index is 6.08. The molecular formula is C20H29N3O2. The van der Waals surface area contributed by atoms with E-state index in [0.717, 1.165) is 42.2 Å². The van der Waals surface area contributed by atoms with Gasteiger partial charge in [-0.15, -0.1) is 0 Å². The van der Waals surface area contributed by atoms with Crippen LogP contribution in [0.1, 0.15) is 29.0 Å². The van der Waals surface area contributed by atoms with Gasteiger partial charge in [-0.1, -0.05) is 23.4 Å². The molecule has 0 N–H and O–H groups in total. The maximum Gasteiger partial charge on any atom is 0.140 e. The molecule has 0 radical (unpaired) electrons. The van der Waals surface area contributed by atoms with Crippen molar-refractivity contribution in [3.8, 4) is 5.75 Å². The molecule has 5 nitrogen and oxygen atoms in total. The Morgan fingerprint density at radius 3 is 2.60 bits per heavy atom. The number of aryl methyl sites for hydroxylation is 3. The van der Waals surface area contributed by atoms with E-state index in [-0.39, 0.29) is 0 Å². The first kappa shape index (κ1) is 18.0. The van der Waals surface area contributed by atoms with Crippen molar-refractivity contribution in [2.24, 2.45) is 0 Å². The third-order valence-corrected chi connectivity index (χ3v) is 5.04. The first-order chi connectivity index (χ1) is 12.1. The Hall–Kier alpha value is -1.85. The van der Waals surface area contributed by atoms with E-state index < -0.39 is 0 Å². The zero-order valence-corrected chi connectivity index (χ0v) is 15.6. The lowest BCUT2D eigenvalue weighted by Crippen LogP contribution is -2.44. The highest BCUT2D eigenvalue weighted by Gasteiger charge is 2.14. The van der Waals surface area contributed by atoms with Crippen LogP contribution in [0.25, 0.3) is 0 Å². The van der Waals surface area contributed by atoms with Crippen LogP contribution in [0.2, 0.25) is 0 Å². The molecule has 0 bridgehead atoms. The topological polar surface area (TPSA) is 41.7 Å². The van der Waals surface area contributed by atoms with Gasteiger partial charge in [-0.25, -0.2) is 0 Å². The number of aromatic nitrogens is 1. The summed E-state index contributed by atoms with van der Waals surface area (Å²) in [5.41, 5.74) is 3.24. The zero-order valence-electron chi connectivity index (χ0n) is 15.6. The van der Waals surface area contributed by atoms with Gasteiger partial charge in [0.1, 0.15) is 18.1 Å². The lowest BCUT2D eigenvalue weighted by atomic mass is 10.1. The van der Waals surface area contributed by atoms with E-state index in [1.54, 1.807) is 0 Å². The van der Waals surface area contributed by atoms with Gasteiger partial charge >= 0.3 is 0 Å². The van der Waals surface area contributed by atoms with Crippen LogP contribution in [-0.2, 0) is 13.0 Å². The maximum absolute atomic E-state index is 6.08. The molecule has 1 aromatic carbocycles. The molecular weight excluding hydrogens is 314 g/mol. The summed E-state index contributed by atoms with van der Waals surface area (Å²) in [5.74, 6) is 1.81. The van der Waals surface area contributed by atoms with Gasteiger partial charge in [-0.3, -0.25) is 0 Å². The first-order valence-corrected chi connectivity index (χ1v) is 9.17. The summed E-state index contributed by atoms with van der Waals surface area (Å²) in [7, 11) is 2.20. The molecule has 25 heavy (non-hydrogen) atoms. The average Bonchev–Trinajstić information content (AvgIpc) is 2.94. The van der Waals surface area contributed by atoms with Crippen molar-refractivity contribution in [1.82, 2.24) is 15.0 Å². The lowest BCUT2D eigenvalue weighted by molar-refractivity contribution is 0.153. The summed E-state index contributed by atoms with van der Waals surface area (Å²) in [6.45, 7) is 10.3.